The van der Waals surface area contributed by atoms with E-state index in [1.807, 2.05) is 6.92 Å². The molecule has 30 heavy (non-hydrogen) atoms. The van der Waals surface area contributed by atoms with Crippen LogP contribution >= 0.6 is 0 Å². The van der Waals surface area contributed by atoms with Crippen LogP contribution in [0.2, 0.25) is 0 Å². The van der Waals surface area contributed by atoms with Crippen molar-refractivity contribution < 1.29 is 17.9 Å². The highest BCUT2D eigenvalue weighted by atomic mass is 32.2. The van der Waals surface area contributed by atoms with E-state index in [1.165, 1.54) is 0 Å². The third-order valence-electron chi connectivity index (χ3n) is 5.53. The Bertz CT molecular complexity index is 588. The van der Waals surface area contributed by atoms with Crippen LogP contribution < -0.4 is 15.4 Å². The van der Waals surface area contributed by atoms with E-state index >= 15 is 0 Å². The number of piperidine rings is 1. The van der Waals surface area contributed by atoms with Crippen molar-refractivity contribution in [2.24, 2.45) is 4.99 Å². The van der Waals surface area contributed by atoms with Crippen molar-refractivity contribution in [2.75, 3.05) is 65.3 Å². The van der Waals surface area contributed by atoms with Crippen molar-refractivity contribution in [1.29, 1.82) is 0 Å². The first-order valence-electron chi connectivity index (χ1n) is 11.4. The lowest BCUT2D eigenvalue weighted by atomic mass is 10.1. The summed E-state index contributed by atoms with van der Waals surface area (Å²) in [6, 6.07) is 0.361. The van der Waals surface area contributed by atoms with Crippen molar-refractivity contribution in [1.82, 2.24) is 20.3 Å². The number of hydrogen-bond acceptors (Lipinski definition) is 6. The third kappa shape index (κ3) is 10.4. The maximum Gasteiger partial charge on any atom is 0.213 e. The minimum atomic E-state index is -3.35. The molecule has 0 amide bonds. The molecule has 0 aromatic carbocycles. The van der Waals surface area contributed by atoms with E-state index in [0.29, 0.717) is 18.5 Å². The number of methoxy groups -OCH3 is 1. The van der Waals surface area contributed by atoms with Gasteiger partial charge in [-0.15, -0.1) is 0 Å². The second-order valence-electron chi connectivity index (χ2n) is 8.02. The average molecular weight is 448 g/mol. The molecule has 2 heterocycles. The second-order valence-corrected chi connectivity index (χ2v) is 9.95. The Morgan fingerprint density at radius 2 is 2.03 bits per heavy atom. The molecule has 2 aliphatic rings. The summed E-state index contributed by atoms with van der Waals surface area (Å²) in [4.78, 5) is 6.95. The molecule has 176 valence electrons. The van der Waals surface area contributed by atoms with Crippen molar-refractivity contribution in [3.8, 4) is 0 Å². The van der Waals surface area contributed by atoms with Crippen LogP contribution in [0.15, 0.2) is 4.99 Å². The van der Waals surface area contributed by atoms with Crippen LogP contribution in [0.1, 0.15) is 45.4 Å². The van der Waals surface area contributed by atoms with Gasteiger partial charge in [-0.1, -0.05) is 0 Å². The number of sulfonamides is 1. The molecule has 10 heteroatoms. The fraction of sp³-hybridized carbons (Fsp3) is 0.950. The zero-order valence-electron chi connectivity index (χ0n) is 18.7. The fourth-order valence-corrected chi connectivity index (χ4v) is 4.70. The monoisotopic (exact) mass is 447 g/mol. The van der Waals surface area contributed by atoms with Gasteiger partial charge in [0.2, 0.25) is 10.0 Å². The van der Waals surface area contributed by atoms with Gasteiger partial charge in [0.05, 0.1) is 18.4 Å². The van der Waals surface area contributed by atoms with Gasteiger partial charge in [-0.25, -0.2) is 13.1 Å². The van der Waals surface area contributed by atoms with Crippen LogP contribution in [-0.4, -0.2) is 96.8 Å². The molecule has 3 N–H and O–H groups in total. The lowest BCUT2D eigenvalue weighted by Crippen LogP contribution is -2.49. The Morgan fingerprint density at radius 1 is 1.23 bits per heavy atom. The summed E-state index contributed by atoms with van der Waals surface area (Å²) in [5.41, 5.74) is 0. The van der Waals surface area contributed by atoms with E-state index in [1.54, 1.807) is 7.11 Å². The van der Waals surface area contributed by atoms with E-state index < -0.39 is 10.0 Å². The maximum absolute atomic E-state index is 12.3. The highest BCUT2D eigenvalue weighted by molar-refractivity contribution is 7.89. The summed E-state index contributed by atoms with van der Waals surface area (Å²) in [5.74, 6) is 0.676. The Kier molecular flexibility index (Phi) is 12.0. The number of nitrogens with one attached hydrogen (secondary N) is 3. The predicted octanol–water partition coefficient (Wildman–Crippen LogP) is 0.531. The van der Waals surface area contributed by atoms with Gasteiger partial charge in [0.25, 0.3) is 0 Å². The number of nitrogens with zero attached hydrogens (tertiary/aromatic N) is 2. The molecule has 0 aromatic rings. The van der Waals surface area contributed by atoms with Crippen LogP contribution in [0.5, 0.6) is 0 Å². The van der Waals surface area contributed by atoms with Crippen molar-refractivity contribution in [3.63, 3.8) is 0 Å². The minimum absolute atomic E-state index is 0.00335. The molecular weight excluding hydrogens is 406 g/mol. The van der Waals surface area contributed by atoms with Gasteiger partial charge in [-0.2, -0.15) is 0 Å². The molecule has 2 saturated heterocycles. The molecule has 9 nitrogen and oxygen atoms in total. The van der Waals surface area contributed by atoms with Gasteiger partial charge in [0.15, 0.2) is 5.96 Å². The molecule has 2 rings (SSSR count). The van der Waals surface area contributed by atoms with E-state index in [4.69, 9.17) is 9.47 Å². The summed E-state index contributed by atoms with van der Waals surface area (Å²) in [7, 11) is -1.61. The highest BCUT2D eigenvalue weighted by Crippen LogP contribution is 2.12. The Labute approximate surface area is 182 Å². The zero-order chi connectivity index (χ0) is 21.7. The largest absolute Gasteiger partial charge is 0.385 e. The Balaban J connectivity index is 1.70. The number of aliphatic imine (C=N–C) groups is 1. The first kappa shape index (κ1) is 25.3. The lowest BCUT2D eigenvalue weighted by Gasteiger charge is -2.33. The van der Waals surface area contributed by atoms with Crippen LogP contribution in [-0.2, 0) is 19.5 Å². The van der Waals surface area contributed by atoms with Crippen molar-refractivity contribution in [2.45, 2.75) is 57.6 Å². The molecular formula is C20H41N5O4S. The summed E-state index contributed by atoms with van der Waals surface area (Å²) in [6.45, 7) is 8.06. The molecule has 1 atom stereocenters. The Morgan fingerprint density at radius 3 is 2.70 bits per heavy atom. The van der Waals surface area contributed by atoms with E-state index in [9.17, 15) is 8.42 Å². The molecule has 1 unspecified atom stereocenters. The molecule has 0 bridgehead atoms. The van der Waals surface area contributed by atoms with Crippen LogP contribution in [0.25, 0.3) is 0 Å². The zero-order valence-corrected chi connectivity index (χ0v) is 19.5. The first-order chi connectivity index (χ1) is 14.5. The number of guanidine groups is 1. The van der Waals surface area contributed by atoms with Gasteiger partial charge < -0.3 is 25.0 Å². The minimum Gasteiger partial charge on any atom is -0.385 e. The van der Waals surface area contributed by atoms with Crippen LogP contribution in [0.4, 0.5) is 0 Å². The SMILES string of the molecule is CCNC(=NCCS(=O)(=O)NCC1CCCCO1)NC1CCN(CCCOC)CC1. The summed E-state index contributed by atoms with van der Waals surface area (Å²) in [5, 5.41) is 6.69. The Hall–Kier alpha value is -0.940. The smallest absolute Gasteiger partial charge is 0.213 e. The summed E-state index contributed by atoms with van der Waals surface area (Å²) >= 11 is 0. The topological polar surface area (TPSA) is 104 Å². The van der Waals surface area contributed by atoms with Gasteiger partial charge >= 0.3 is 0 Å². The molecule has 2 fully saturated rings. The quantitative estimate of drug-likeness (QED) is 0.228. The summed E-state index contributed by atoms with van der Waals surface area (Å²) < 4.78 is 37.9. The molecule has 2 aliphatic heterocycles. The van der Waals surface area contributed by atoms with Gasteiger partial charge in [0, 0.05) is 59.1 Å². The number of rotatable bonds is 12. The van der Waals surface area contributed by atoms with E-state index in [-0.39, 0.29) is 18.4 Å². The standard InChI is InChI=1S/C20H41N5O4S/c1-3-21-20(24-18-8-12-25(13-9-18)11-6-14-28-2)22-10-16-30(26,27)23-17-19-7-4-5-15-29-19/h18-19,23H,3-17H2,1-2H3,(H2,21,22,24). The van der Waals surface area contributed by atoms with Crippen LogP contribution in [0, 0.1) is 0 Å². The van der Waals surface area contributed by atoms with Gasteiger partial charge in [0.1, 0.15) is 0 Å². The average Bonchev–Trinajstić information content (AvgIpc) is 2.74. The maximum atomic E-state index is 12.3. The molecule has 0 radical (unpaired) electrons. The molecule has 0 saturated carbocycles. The van der Waals surface area contributed by atoms with Gasteiger partial charge in [-0.05, 0) is 45.4 Å². The lowest BCUT2D eigenvalue weighted by molar-refractivity contribution is 0.0200. The van der Waals surface area contributed by atoms with E-state index in [0.717, 1.165) is 77.9 Å². The first-order valence-corrected chi connectivity index (χ1v) is 13.0. The number of ether oxygens (including phenoxy) is 2. The highest BCUT2D eigenvalue weighted by Gasteiger charge is 2.20. The van der Waals surface area contributed by atoms with Crippen molar-refractivity contribution in [3.05, 3.63) is 0 Å². The summed E-state index contributed by atoms with van der Waals surface area (Å²) in [6.07, 6.45) is 6.24. The van der Waals surface area contributed by atoms with Crippen molar-refractivity contribution >= 4 is 16.0 Å². The number of likely N-dealkylation sites (tertiary alicyclic amines) is 1. The molecule has 0 aliphatic carbocycles. The molecule has 0 aromatic heterocycles. The number of hydrogen-bond donors (Lipinski definition) is 3. The van der Waals surface area contributed by atoms with Gasteiger partial charge in [-0.3, -0.25) is 4.99 Å². The van der Waals surface area contributed by atoms with Crippen LogP contribution in [0.3, 0.4) is 0 Å². The fourth-order valence-electron chi connectivity index (χ4n) is 3.78. The predicted molar refractivity (Wildman–Crippen MR) is 120 cm³/mol. The molecule has 0 spiro atoms. The normalized spacial score (nSPS) is 22.2. The van der Waals surface area contributed by atoms with E-state index in [2.05, 4.69) is 25.2 Å². The second kappa shape index (κ2) is 14.2. The third-order valence-corrected chi connectivity index (χ3v) is 6.86.